The standard InChI is InChI=1S/C22H25ClN6O/c1-22(2,3)29-13-19(27-28-29)20(30)11-14-6-8-24-12-16-10-15(4-5-17(14)16)18-7-9-25-21(23)26-18/h4-5,7,9-10,13-14,24H,6,8,11-12H2,1-3H3/t14-/m0/s1. The van der Waals surface area contributed by atoms with E-state index in [1.165, 1.54) is 11.1 Å². The van der Waals surface area contributed by atoms with Crippen LogP contribution in [0.1, 0.15) is 61.1 Å². The fourth-order valence-electron chi connectivity index (χ4n) is 3.73. The fraction of sp³-hybridized carbons (Fsp3) is 0.409. The van der Waals surface area contributed by atoms with Gasteiger partial charge >= 0.3 is 0 Å². The summed E-state index contributed by atoms with van der Waals surface area (Å²) in [6, 6.07) is 8.12. The molecule has 0 spiro atoms. The first-order chi connectivity index (χ1) is 14.3. The van der Waals surface area contributed by atoms with Crippen LogP contribution < -0.4 is 5.32 Å². The molecular formula is C22H25ClN6O. The van der Waals surface area contributed by atoms with Crippen molar-refractivity contribution in [2.45, 2.75) is 51.6 Å². The summed E-state index contributed by atoms with van der Waals surface area (Å²) >= 11 is 5.95. The van der Waals surface area contributed by atoms with Crippen LogP contribution in [-0.2, 0) is 12.1 Å². The molecule has 4 rings (SSSR count). The zero-order valence-corrected chi connectivity index (χ0v) is 18.1. The van der Waals surface area contributed by atoms with Gasteiger partial charge in [0.25, 0.3) is 0 Å². The molecule has 1 aromatic carbocycles. The molecule has 156 valence electrons. The van der Waals surface area contributed by atoms with Crippen molar-refractivity contribution in [2.75, 3.05) is 6.54 Å². The van der Waals surface area contributed by atoms with E-state index in [2.05, 4.69) is 37.7 Å². The number of ketones is 1. The summed E-state index contributed by atoms with van der Waals surface area (Å²) in [4.78, 5) is 21.2. The maximum absolute atomic E-state index is 12.9. The summed E-state index contributed by atoms with van der Waals surface area (Å²) in [6.07, 6.45) is 4.71. The molecule has 7 nitrogen and oxygen atoms in total. The molecule has 1 aliphatic heterocycles. The molecule has 1 N–H and O–H groups in total. The topological polar surface area (TPSA) is 85.6 Å². The summed E-state index contributed by atoms with van der Waals surface area (Å²) in [5, 5.41) is 11.9. The first-order valence-corrected chi connectivity index (χ1v) is 10.5. The quantitative estimate of drug-likeness (QED) is 0.503. The first-order valence-electron chi connectivity index (χ1n) is 10.1. The number of aromatic nitrogens is 5. The zero-order valence-electron chi connectivity index (χ0n) is 17.4. The number of halogens is 1. The molecule has 2 aromatic heterocycles. The molecule has 8 heteroatoms. The van der Waals surface area contributed by atoms with Gasteiger partial charge in [-0.2, -0.15) is 0 Å². The maximum Gasteiger partial charge on any atom is 0.222 e. The highest BCUT2D eigenvalue weighted by atomic mass is 35.5. The lowest BCUT2D eigenvalue weighted by Crippen LogP contribution is -2.22. The number of rotatable bonds is 4. The molecule has 0 fully saturated rings. The second-order valence-corrected chi connectivity index (χ2v) is 8.97. The van der Waals surface area contributed by atoms with Crippen molar-refractivity contribution in [3.05, 3.63) is 58.8 Å². The number of Topliss-reactive ketones (excluding diaryl/α,β-unsaturated/α-hetero) is 1. The third-order valence-corrected chi connectivity index (χ3v) is 5.57. The van der Waals surface area contributed by atoms with E-state index in [4.69, 9.17) is 11.6 Å². The largest absolute Gasteiger partial charge is 0.313 e. The highest BCUT2D eigenvalue weighted by molar-refractivity contribution is 6.28. The van der Waals surface area contributed by atoms with Crippen LogP contribution in [0, 0.1) is 0 Å². The number of fused-ring (bicyclic) bond motifs is 1. The highest BCUT2D eigenvalue weighted by Gasteiger charge is 2.25. The molecule has 30 heavy (non-hydrogen) atoms. The molecule has 0 unspecified atom stereocenters. The van der Waals surface area contributed by atoms with Crippen LogP contribution in [-0.4, -0.2) is 37.3 Å². The molecule has 0 amide bonds. The molecule has 1 atom stereocenters. The van der Waals surface area contributed by atoms with E-state index in [-0.39, 0.29) is 22.5 Å². The van der Waals surface area contributed by atoms with Gasteiger partial charge in [-0.15, -0.1) is 5.10 Å². The van der Waals surface area contributed by atoms with Gasteiger partial charge < -0.3 is 5.32 Å². The van der Waals surface area contributed by atoms with Crippen LogP contribution in [0.5, 0.6) is 0 Å². The Morgan fingerprint density at radius 3 is 2.87 bits per heavy atom. The predicted octanol–water partition coefficient (Wildman–Crippen LogP) is 3.99. The lowest BCUT2D eigenvalue weighted by Gasteiger charge is -2.18. The molecule has 0 aliphatic carbocycles. The van der Waals surface area contributed by atoms with E-state index in [1.54, 1.807) is 17.1 Å². The second-order valence-electron chi connectivity index (χ2n) is 8.63. The molecule has 0 bridgehead atoms. The van der Waals surface area contributed by atoms with Crippen LogP contribution in [0.25, 0.3) is 11.3 Å². The summed E-state index contributed by atoms with van der Waals surface area (Å²) in [5.41, 5.74) is 4.37. The van der Waals surface area contributed by atoms with E-state index in [0.717, 1.165) is 30.8 Å². The maximum atomic E-state index is 12.9. The van der Waals surface area contributed by atoms with Gasteiger partial charge in [0.1, 0.15) is 5.69 Å². The van der Waals surface area contributed by atoms with E-state index in [0.29, 0.717) is 12.1 Å². The molecule has 1 aliphatic rings. The van der Waals surface area contributed by atoms with Crippen molar-refractivity contribution in [3.63, 3.8) is 0 Å². The van der Waals surface area contributed by atoms with E-state index in [9.17, 15) is 4.79 Å². The highest BCUT2D eigenvalue weighted by Crippen LogP contribution is 2.32. The van der Waals surface area contributed by atoms with Crippen molar-refractivity contribution in [1.29, 1.82) is 0 Å². The summed E-state index contributed by atoms with van der Waals surface area (Å²) < 4.78 is 1.74. The Balaban J connectivity index is 1.58. The van der Waals surface area contributed by atoms with Gasteiger partial charge in [0.15, 0.2) is 5.78 Å². The van der Waals surface area contributed by atoms with Gasteiger partial charge in [-0.05, 0) is 74.5 Å². The van der Waals surface area contributed by atoms with Crippen molar-refractivity contribution in [2.24, 2.45) is 0 Å². The Labute approximate surface area is 180 Å². The second kappa shape index (κ2) is 8.24. The Morgan fingerprint density at radius 1 is 1.30 bits per heavy atom. The van der Waals surface area contributed by atoms with Gasteiger partial charge in [0.05, 0.1) is 17.4 Å². The van der Waals surface area contributed by atoms with E-state index in [1.807, 2.05) is 32.9 Å². The third kappa shape index (κ3) is 4.42. The Hall–Kier alpha value is -2.64. The minimum absolute atomic E-state index is 0.0232. The molecular weight excluding hydrogens is 400 g/mol. The summed E-state index contributed by atoms with van der Waals surface area (Å²) in [6.45, 7) is 7.71. The van der Waals surface area contributed by atoms with Crippen LogP contribution in [0.2, 0.25) is 5.28 Å². The molecule has 3 heterocycles. The number of hydrogen-bond acceptors (Lipinski definition) is 6. The van der Waals surface area contributed by atoms with Crippen LogP contribution in [0.4, 0.5) is 0 Å². The molecule has 0 radical (unpaired) electrons. The van der Waals surface area contributed by atoms with Gasteiger partial charge in [-0.3, -0.25) is 4.79 Å². The fourth-order valence-corrected chi connectivity index (χ4v) is 3.87. The molecule has 3 aromatic rings. The van der Waals surface area contributed by atoms with Crippen LogP contribution in [0.15, 0.2) is 36.7 Å². The van der Waals surface area contributed by atoms with Crippen LogP contribution >= 0.6 is 11.6 Å². The average molecular weight is 425 g/mol. The third-order valence-electron chi connectivity index (χ3n) is 5.39. The number of nitrogens with one attached hydrogen (secondary N) is 1. The summed E-state index contributed by atoms with van der Waals surface area (Å²) in [5.74, 6) is 0.153. The van der Waals surface area contributed by atoms with E-state index >= 15 is 0 Å². The van der Waals surface area contributed by atoms with Crippen molar-refractivity contribution >= 4 is 17.4 Å². The Kier molecular flexibility index (Phi) is 5.66. The number of carbonyl (C=O) groups is 1. The Bertz CT molecular complexity index is 1070. The Morgan fingerprint density at radius 2 is 2.13 bits per heavy atom. The van der Waals surface area contributed by atoms with Gasteiger partial charge in [0, 0.05) is 24.7 Å². The molecule has 0 saturated carbocycles. The minimum Gasteiger partial charge on any atom is -0.313 e. The first kappa shape index (κ1) is 20.6. The van der Waals surface area contributed by atoms with E-state index < -0.39 is 0 Å². The van der Waals surface area contributed by atoms with Crippen molar-refractivity contribution in [3.8, 4) is 11.3 Å². The zero-order chi connectivity index (χ0) is 21.3. The summed E-state index contributed by atoms with van der Waals surface area (Å²) in [7, 11) is 0. The lowest BCUT2D eigenvalue weighted by molar-refractivity contribution is 0.0967. The number of nitrogens with zero attached hydrogens (tertiary/aromatic N) is 5. The number of benzene rings is 1. The average Bonchev–Trinajstić information content (AvgIpc) is 3.13. The molecule has 0 saturated heterocycles. The predicted molar refractivity (Wildman–Crippen MR) is 116 cm³/mol. The van der Waals surface area contributed by atoms with Crippen LogP contribution in [0.3, 0.4) is 0 Å². The number of carbonyl (C=O) groups excluding carboxylic acids is 1. The lowest BCUT2D eigenvalue weighted by atomic mass is 9.87. The normalized spacial score (nSPS) is 16.7. The van der Waals surface area contributed by atoms with Crippen molar-refractivity contribution < 1.29 is 4.79 Å². The van der Waals surface area contributed by atoms with Gasteiger partial charge in [-0.1, -0.05) is 17.3 Å². The SMILES string of the molecule is CC(C)(C)n1cc(C(=O)C[C@@H]2CCNCc3cc(-c4ccnc(Cl)n4)ccc32)nn1. The minimum atomic E-state index is -0.204. The van der Waals surface area contributed by atoms with Crippen molar-refractivity contribution in [1.82, 2.24) is 30.3 Å². The monoisotopic (exact) mass is 424 g/mol. The van der Waals surface area contributed by atoms with Gasteiger partial charge in [0.2, 0.25) is 5.28 Å². The smallest absolute Gasteiger partial charge is 0.222 e. The number of hydrogen-bond donors (Lipinski definition) is 1. The van der Waals surface area contributed by atoms with Gasteiger partial charge in [-0.25, -0.2) is 14.6 Å².